The molecule has 2 N–H and O–H groups in total. The predicted octanol–water partition coefficient (Wildman–Crippen LogP) is 2.74. The second kappa shape index (κ2) is 8.50. The molecule has 1 aliphatic carbocycles. The Morgan fingerprint density at radius 3 is 2.33 bits per heavy atom. The molecule has 0 bridgehead atoms. The third-order valence-corrected chi connectivity index (χ3v) is 5.20. The molecular weight excluding hydrogens is 260 g/mol. The first kappa shape index (κ1) is 17.2. The lowest BCUT2D eigenvalue weighted by atomic mass is 9.82. The van der Waals surface area contributed by atoms with Crippen molar-refractivity contribution in [2.24, 2.45) is 23.7 Å². The summed E-state index contributed by atoms with van der Waals surface area (Å²) < 4.78 is 0. The van der Waals surface area contributed by atoms with Crippen molar-refractivity contribution in [1.29, 1.82) is 0 Å². The van der Waals surface area contributed by atoms with Crippen molar-refractivity contribution < 1.29 is 5.11 Å². The van der Waals surface area contributed by atoms with Crippen molar-refractivity contribution in [1.82, 2.24) is 10.2 Å². The molecular formula is C18H36N2O. The minimum Gasteiger partial charge on any atom is -0.393 e. The zero-order valence-electron chi connectivity index (χ0n) is 14.4. The Balaban J connectivity index is 1.51. The lowest BCUT2D eigenvalue weighted by Gasteiger charge is -2.34. The van der Waals surface area contributed by atoms with Gasteiger partial charge in [-0.25, -0.2) is 0 Å². The maximum atomic E-state index is 9.29. The van der Waals surface area contributed by atoms with Gasteiger partial charge in [-0.2, -0.15) is 0 Å². The lowest BCUT2D eigenvalue weighted by Crippen LogP contribution is -2.38. The average Bonchev–Trinajstić information content (AvgIpc) is 2.38. The van der Waals surface area contributed by atoms with E-state index >= 15 is 0 Å². The van der Waals surface area contributed by atoms with Gasteiger partial charge in [0.25, 0.3) is 0 Å². The molecule has 2 rings (SSSR count). The van der Waals surface area contributed by atoms with Crippen LogP contribution in [0.15, 0.2) is 0 Å². The second-order valence-electron chi connectivity index (χ2n) is 8.13. The SMILES string of the molecule is CC(C)CN1CCC(CC(C)CNCC2CC(O)C2)CC1. The minimum atomic E-state index is -0.00903. The molecule has 0 aromatic rings. The lowest BCUT2D eigenvalue weighted by molar-refractivity contribution is 0.0426. The molecule has 21 heavy (non-hydrogen) atoms. The van der Waals surface area contributed by atoms with E-state index in [1.165, 1.54) is 38.9 Å². The summed E-state index contributed by atoms with van der Waals surface area (Å²) in [5, 5.41) is 12.9. The van der Waals surface area contributed by atoms with Crippen LogP contribution < -0.4 is 5.32 Å². The Hall–Kier alpha value is -0.120. The minimum absolute atomic E-state index is 0.00903. The molecule has 3 heteroatoms. The van der Waals surface area contributed by atoms with E-state index in [9.17, 15) is 5.11 Å². The first-order valence-electron chi connectivity index (χ1n) is 9.14. The van der Waals surface area contributed by atoms with Gasteiger partial charge in [0.1, 0.15) is 0 Å². The number of nitrogens with one attached hydrogen (secondary N) is 1. The van der Waals surface area contributed by atoms with E-state index in [4.69, 9.17) is 0 Å². The Labute approximate surface area is 131 Å². The van der Waals surface area contributed by atoms with E-state index in [0.717, 1.165) is 49.6 Å². The van der Waals surface area contributed by atoms with Gasteiger partial charge in [0.2, 0.25) is 0 Å². The summed E-state index contributed by atoms with van der Waals surface area (Å²) in [6.07, 6.45) is 6.18. The number of rotatable bonds is 8. The predicted molar refractivity (Wildman–Crippen MR) is 89.4 cm³/mol. The van der Waals surface area contributed by atoms with Gasteiger partial charge in [-0.05, 0) is 82.0 Å². The highest BCUT2D eigenvalue weighted by Crippen LogP contribution is 2.27. The van der Waals surface area contributed by atoms with Gasteiger partial charge in [0.05, 0.1) is 6.10 Å². The first-order chi connectivity index (χ1) is 10.0. The molecule has 0 aromatic carbocycles. The molecule has 1 saturated heterocycles. The molecule has 2 aliphatic rings. The average molecular weight is 296 g/mol. The van der Waals surface area contributed by atoms with Crippen LogP contribution in [0.3, 0.4) is 0 Å². The number of aliphatic hydroxyl groups is 1. The molecule has 2 fully saturated rings. The van der Waals surface area contributed by atoms with E-state index in [-0.39, 0.29) is 6.10 Å². The van der Waals surface area contributed by atoms with Crippen LogP contribution in [0.1, 0.15) is 52.9 Å². The largest absolute Gasteiger partial charge is 0.393 e. The molecule has 1 unspecified atom stereocenters. The van der Waals surface area contributed by atoms with Crippen LogP contribution in [0, 0.1) is 23.7 Å². The van der Waals surface area contributed by atoms with Crippen LogP contribution in [-0.2, 0) is 0 Å². The number of likely N-dealkylation sites (tertiary alicyclic amines) is 1. The Morgan fingerprint density at radius 1 is 1.10 bits per heavy atom. The fraction of sp³-hybridized carbons (Fsp3) is 1.00. The highest BCUT2D eigenvalue weighted by atomic mass is 16.3. The van der Waals surface area contributed by atoms with Crippen LogP contribution in [0.25, 0.3) is 0 Å². The van der Waals surface area contributed by atoms with E-state index in [1.54, 1.807) is 0 Å². The summed E-state index contributed by atoms with van der Waals surface area (Å²) in [6.45, 7) is 13.2. The molecule has 1 saturated carbocycles. The standard InChI is InChI=1S/C18H36N2O/c1-14(2)13-20-6-4-16(5-7-20)8-15(3)11-19-12-17-9-18(21)10-17/h14-19,21H,4-13H2,1-3H3. The summed E-state index contributed by atoms with van der Waals surface area (Å²) >= 11 is 0. The van der Waals surface area contributed by atoms with Gasteiger partial charge in [-0.15, -0.1) is 0 Å². The molecule has 1 atom stereocenters. The molecule has 1 aliphatic heterocycles. The molecule has 0 radical (unpaired) electrons. The topological polar surface area (TPSA) is 35.5 Å². The Bertz CT molecular complexity index is 281. The summed E-state index contributed by atoms with van der Waals surface area (Å²) in [6, 6.07) is 0. The zero-order chi connectivity index (χ0) is 15.2. The van der Waals surface area contributed by atoms with Crippen molar-refractivity contribution in [3.63, 3.8) is 0 Å². The van der Waals surface area contributed by atoms with Crippen molar-refractivity contribution >= 4 is 0 Å². The van der Waals surface area contributed by atoms with Crippen molar-refractivity contribution in [2.45, 2.75) is 59.0 Å². The summed E-state index contributed by atoms with van der Waals surface area (Å²) in [4.78, 5) is 2.64. The van der Waals surface area contributed by atoms with Crippen molar-refractivity contribution in [2.75, 3.05) is 32.7 Å². The van der Waals surface area contributed by atoms with E-state index < -0.39 is 0 Å². The second-order valence-corrected chi connectivity index (χ2v) is 8.13. The smallest absolute Gasteiger partial charge is 0.0546 e. The third kappa shape index (κ3) is 6.25. The van der Waals surface area contributed by atoms with Gasteiger partial charge in [0.15, 0.2) is 0 Å². The molecule has 3 nitrogen and oxygen atoms in total. The molecule has 124 valence electrons. The first-order valence-corrected chi connectivity index (χ1v) is 9.14. The van der Waals surface area contributed by atoms with Crippen LogP contribution in [0.4, 0.5) is 0 Å². The van der Waals surface area contributed by atoms with Gasteiger partial charge in [0, 0.05) is 6.54 Å². The van der Waals surface area contributed by atoms with Crippen LogP contribution in [-0.4, -0.2) is 48.8 Å². The number of hydrogen-bond acceptors (Lipinski definition) is 3. The van der Waals surface area contributed by atoms with E-state index in [0.29, 0.717) is 0 Å². The molecule has 0 aromatic heterocycles. The number of hydrogen-bond donors (Lipinski definition) is 2. The maximum absolute atomic E-state index is 9.29. The van der Waals surface area contributed by atoms with Crippen LogP contribution in [0.5, 0.6) is 0 Å². The van der Waals surface area contributed by atoms with E-state index in [1.807, 2.05) is 0 Å². The third-order valence-electron chi connectivity index (χ3n) is 5.20. The monoisotopic (exact) mass is 296 g/mol. The highest BCUT2D eigenvalue weighted by molar-refractivity contribution is 4.80. The quantitative estimate of drug-likeness (QED) is 0.723. The van der Waals surface area contributed by atoms with Gasteiger partial charge in [-0.1, -0.05) is 20.8 Å². The normalized spacial score (nSPS) is 29.6. The maximum Gasteiger partial charge on any atom is 0.0546 e. The zero-order valence-corrected chi connectivity index (χ0v) is 14.4. The van der Waals surface area contributed by atoms with Gasteiger partial charge in [-0.3, -0.25) is 0 Å². The fourth-order valence-corrected chi connectivity index (χ4v) is 3.97. The summed E-state index contributed by atoms with van der Waals surface area (Å²) in [7, 11) is 0. The highest BCUT2D eigenvalue weighted by Gasteiger charge is 2.26. The molecule has 0 spiro atoms. The van der Waals surface area contributed by atoms with Crippen LogP contribution in [0.2, 0.25) is 0 Å². The van der Waals surface area contributed by atoms with Gasteiger partial charge < -0.3 is 15.3 Å². The summed E-state index contributed by atoms with van der Waals surface area (Å²) in [5.74, 6) is 3.26. The Kier molecular flexibility index (Phi) is 6.97. The summed E-state index contributed by atoms with van der Waals surface area (Å²) in [5.41, 5.74) is 0. The van der Waals surface area contributed by atoms with Crippen LogP contribution >= 0.6 is 0 Å². The van der Waals surface area contributed by atoms with E-state index in [2.05, 4.69) is 31.0 Å². The number of nitrogens with zero attached hydrogens (tertiary/aromatic N) is 1. The fourth-order valence-electron chi connectivity index (χ4n) is 3.97. The molecule has 0 amide bonds. The van der Waals surface area contributed by atoms with Gasteiger partial charge >= 0.3 is 0 Å². The molecule has 1 heterocycles. The number of aliphatic hydroxyl groups excluding tert-OH is 1. The number of piperidine rings is 1. The van der Waals surface area contributed by atoms with Crippen molar-refractivity contribution in [3.8, 4) is 0 Å². The Morgan fingerprint density at radius 2 is 1.76 bits per heavy atom. The van der Waals surface area contributed by atoms with Crippen molar-refractivity contribution in [3.05, 3.63) is 0 Å².